The van der Waals surface area contributed by atoms with Crippen LogP contribution in [0.5, 0.6) is 0 Å². The Morgan fingerprint density at radius 2 is 2.21 bits per heavy atom. The van der Waals surface area contributed by atoms with E-state index < -0.39 is 0 Å². The summed E-state index contributed by atoms with van der Waals surface area (Å²) in [6.45, 7) is 1.91. The lowest BCUT2D eigenvalue weighted by Crippen LogP contribution is -2.17. The summed E-state index contributed by atoms with van der Waals surface area (Å²) in [5, 5.41) is 2.21. The van der Waals surface area contributed by atoms with E-state index in [1.165, 1.54) is 41.8 Å². The van der Waals surface area contributed by atoms with E-state index in [0.717, 1.165) is 19.1 Å². The zero-order valence-electron chi connectivity index (χ0n) is 10.9. The molecule has 0 bridgehead atoms. The Morgan fingerprint density at radius 3 is 3.11 bits per heavy atom. The van der Waals surface area contributed by atoms with Crippen LogP contribution in [-0.4, -0.2) is 22.8 Å². The van der Waals surface area contributed by atoms with Gasteiger partial charge in [-0.25, -0.2) is 4.98 Å². The second-order valence-electron chi connectivity index (χ2n) is 5.53. The summed E-state index contributed by atoms with van der Waals surface area (Å²) in [5.41, 5.74) is 2.70. The molecule has 1 unspecified atom stereocenters. The molecule has 0 N–H and O–H groups in total. The van der Waals surface area contributed by atoms with Gasteiger partial charge in [0, 0.05) is 23.7 Å². The van der Waals surface area contributed by atoms with Gasteiger partial charge in [-0.05, 0) is 43.0 Å². The van der Waals surface area contributed by atoms with Gasteiger partial charge in [-0.1, -0.05) is 0 Å². The smallest absolute Gasteiger partial charge is 0.0957 e. The van der Waals surface area contributed by atoms with E-state index >= 15 is 0 Å². The Kier molecular flexibility index (Phi) is 2.93. The first-order chi connectivity index (χ1) is 9.43. The maximum atomic E-state index is 5.45. The second kappa shape index (κ2) is 4.76. The number of thiophene rings is 1. The number of imidazole rings is 1. The molecule has 1 saturated heterocycles. The predicted molar refractivity (Wildman–Crippen MR) is 76.5 cm³/mol. The highest BCUT2D eigenvalue weighted by molar-refractivity contribution is 7.10. The Hall–Kier alpha value is -1.13. The van der Waals surface area contributed by atoms with Gasteiger partial charge >= 0.3 is 0 Å². The third kappa shape index (κ3) is 1.94. The normalized spacial score (nSPS) is 22.4. The van der Waals surface area contributed by atoms with Crippen LogP contribution >= 0.6 is 11.3 Å². The van der Waals surface area contributed by atoms with Gasteiger partial charge in [-0.15, -0.1) is 11.3 Å². The van der Waals surface area contributed by atoms with Crippen molar-refractivity contribution in [3.8, 4) is 11.3 Å². The summed E-state index contributed by atoms with van der Waals surface area (Å²) in [6, 6.07) is 2.76. The van der Waals surface area contributed by atoms with E-state index in [1.807, 2.05) is 23.9 Å². The zero-order chi connectivity index (χ0) is 12.7. The van der Waals surface area contributed by atoms with E-state index in [4.69, 9.17) is 4.74 Å². The molecule has 2 aromatic rings. The average molecular weight is 274 g/mol. The second-order valence-corrected chi connectivity index (χ2v) is 6.48. The maximum Gasteiger partial charge on any atom is 0.0957 e. The molecule has 0 radical (unpaired) electrons. The molecule has 4 heteroatoms. The summed E-state index contributed by atoms with van der Waals surface area (Å²) in [4.78, 5) is 5.85. The van der Waals surface area contributed by atoms with Crippen LogP contribution in [0, 0.1) is 5.92 Å². The van der Waals surface area contributed by atoms with Crippen molar-refractivity contribution in [1.29, 1.82) is 0 Å². The lowest BCUT2D eigenvalue weighted by Gasteiger charge is -2.23. The third-order valence-electron chi connectivity index (χ3n) is 4.46. The van der Waals surface area contributed by atoms with E-state index in [2.05, 4.69) is 21.0 Å². The number of hydrogen-bond donors (Lipinski definition) is 0. The molecule has 2 aliphatic heterocycles. The fourth-order valence-electron chi connectivity index (χ4n) is 3.38. The predicted octanol–water partition coefficient (Wildman–Crippen LogP) is 3.72. The van der Waals surface area contributed by atoms with Crippen LogP contribution < -0.4 is 0 Å². The Balaban J connectivity index is 1.52. The zero-order valence-corrected chi connectivity index (χ0v) is 11.7. The van der Waals surface area contributed by atoms with Crippen molar-refractivity contribution in [1.82, 2.24) is 9.55 Å². The maximum absolute atomic E-state index is 5.45. The standard InChI is InChI=1S/C15H18N2OS/c1(11-3-6-18-7-4-11)2-13-15-12(5-8-19-15)14-9-16-10-17(13)14/h5,8-11,13H,1-4,6-7H2. The van der Waals surface area contributed by atoms with Crippen molar-refractivity contribution in [2.24, 2.45) is 5.92 Å². The van der Waals surface area contributed by atoms with Crippen molar-refractivity contribution >= 4 is 11.3 Å². The van der Waals surface area contributed by atoms with E-state index in [9.17, 15) is 0 Å². The van der Waals surface area contributed by atoms with E-state index in [1.54, 1.807) is 0 Å². The van der Waals surface area contributed by atoms with Gasteiger partial charge in [0.25, 0.3) is 0 Å². The summed E-state index contributed by atoms with van der Waals surface area (Å²) >= 11 is 1.89. The Bertz CT molecular complexity index is 528. The minimum absolute atomic E-state index is 0.523. The van der Waals surface area contributed by atoms with Crippen molar-refractivity contribution in [2.45, 2.75) is 31.7 Å². The molecule has 1 fully saturated rings. The van der Waals surface area contributed by atoms with Crippen LogP contribution in [-0.2, 0) is 4.74 Å². The Labute approximate surface area is 117 Å². The number of hydrogen-bond acceptors (Lipinski definition) is 3. The van der Waals surface area contributed by atoms with Gasteiger partial charge in [0.1, 0.15) is 0 Å². The van der Waals surface area contributed by atoms with Crippen LogP contribution in [0.4, 0.5) is 0 Å². The highest BCUT2D eigenvalue weighted by Gasteiger charge is 2.30. The molecule has 0 aromatic carbocycles. The fourth-order valence-corrected chi connectivity index (χ4v) is 4.42. The molecule has 19 heavy (non-hydrogen) atoms. The average Bonchev–Trinajstić information content (AvgIpc) is 3.11. The van der Waals surface area contributed by atoms with Gasteiger partial charge in [-0.3, -0.25) is 0 Å². The van der Waals surface area contributed by atoms with Crippen molar-refractivity contribution in [3.05, 3.63) is 28.8 Å². The fraction of sp³-hybridized carbons (Fsp3) is 0.533. The minimum atomic E-state index is 0.523. The monoisotopic (exact) mass is 274 g/mol. The molecule has 1 atom stereocenters. The molecule has 0 aliphatic carbocycles. The SMILES string of the molecule is c1cc2c(s1)C(CCC1CCOCC1)n1cncc1-2. The summed E-state index contributed by atoms with van der Waals surface area (Å²) < 4.78 is 7.81. The van der Waals surface area contributed by atoms with Crippen LogP contribution in [0.15, 0.2) is 24.0 Å². The molecular formula is C15H18N2OS. The molecule has 4 heterocycles. The summed E-state index contributed by atoms with van der Waals surface area (Å²) in [6.07, 6.45) is 9.02. The number of aromatic nitrogens is 2. The van der Waals surface area contributed by atoms with Crippen molar-refractivity contribution in [2.75, 3.05) is 13.2 Å². The highest BCUT2D eigenvalue weighted by Crippen LogP contribution is 2.45. The third-order valence-corrected chi connectivity index (χ3v) is 5.48. The summed E-state index contributed by atoms with van der Waals surface area (Å²) in [5.74, 6) is 0.852. The molecule has 2 aliphatic rings. The molecule has 0 saturated carbocycles. The quantitative estimate of drug-likeness (QED) is 0.853. The first-order valence-corrected chi connectivity index (χ1v) is 7.99. The lowest BCUT2D eigenvalue weighted by atomic mass is 9.92. The molecule has 4 rings (SSSR count). The first kappa shape index (κ1) is 11.7. The number of fused-ring (bicyclic) bond motifs is 3. The van der Waals surface area contributed by atoms with E-state index in [-0.39, 0.29) is 0 Å². The van der Waals surface area contributed by atoms with Crippen LogP contribution in [0.25, 0.3) is 11.3 Å². The van der Waals surface area contributed by atoms with Crippen LogP contribution in [0.1, 0.15) is 36.6 Å². The molecule has 0 spiro atoms. The van der Waals surface area contributed by atoms with Crippen molar-refractivity contribution < 1.29 is 4.74 Å². The molecular weight excluding hydrogens is 256 g/mol. The summed E-state index contributed by atoms with van der Waals surface area (Å²) in [7, 11) is 0. The Morgan fingerprint density at radius 1 is 1.32 bits per heavy atom. The number of rotatable bonds is 3. The van der Waals surface area contributed by atoms with Gasteiger partial charge in [0.05, 0.1) is 24.3 Å². The minimum Gasteiger partial charge on any atom is -0.381 e. The van der Waals surface area contributed by atoms with E-state index in [0.29, 0.717) is 6.04 Å². The van der Waals surface area contributed by atoms with Gasteiger partial charge in [-0.2, -0.15) is 0 Å². The van der Waals surface area contributed by atoms with Gasteiger partial charge in [0.2, 0.25) is 0 Å². The van der Waals surface area contributed by atoms with Gasteiger partial charge in [0.15, 0.2) is 0 Å². The van der Waals surface area contributed by atoms with Crippen molar-refractivity contribution in [3.63, 3.8) is 0 Å². The molecule has 100 valence electrons. The van der Waals surface area contributed by atoms with Crippen LogP contribution in [0.2, 0.25) is 0 Å². The van der Waals surface area contributed by atoms with Crippen LogP contribution in [0.3, 0.4) is 0 Å². The number of nitrogens with zero attached hydrogens (tertiary/aromatic N) is 2. The first-order valence-electron chi connectivity index (χ1n) is 7.11. The molecule has 2 aromatic heterocycles. The van der Waals surface area contributed by atoms with Gasteiger partial charge < -0.3 is 9.30 Å². The lowest BCUT2D eigenvalue weighted by molar-refractivity contribution is 0.0625. The molecule has 3 nitrogen and oxygen atoms in total. The molecule has 0 amide bonds. The topological polar surface area (TPSA) is 27.1 Å². The largest absolute Gasteiger partial charge is 0.381 e. The number of ether oxygens (including phenoxy) is 1. The highest BCUT2D eigenvalue weighted by atomic mass is 32.1.